The second-order valence-electron chi connectivity index (χ2n) is 5.64. The number of rotatable bonds is 8. The minimum Gasteiger partial charge on any atom is -0.487 e. The van der Waals surface area contributed by atoms with Crippen molar-refractivity contribution < 1.29 is 14.6 Å². The van der Waals surface area contributed by atoms with E-state index in [1.807, 2.05) is 24.3 Å². The van der Waals surface area contributed by atoms with E-state index >= 15 is 0 Å². The molecule has 0 aromatic heterocycles. The number of benzene rings is 1. The number of para-hydroxylation sites is 2. The molecule has 4 heteroatoms. The molecule has 0 aliphatic carbocycles. The molecule has 0 saturated carbocycles. The van der Waals surface area contributed by atoms with E-state index in [2.05, 4.69) is 32.7 Å². The van der Waals surface area contributed by atoms with Crippen LogP contribution in [0.3, 0.4) is 0 Å². The summed E-state index contributed by atoms with van der Waals surface area (Å²) in [5, 5.41) is 13.1. The Morgan fingerprint density at radius 2 is 1.85 bits per heavy atom. The number of aliphatic hydroxyl groups is 1. The molecular formula is C16H25NO3. The Bertz CT molecular complexity index is 412. The van der Waals surface area contributed by atoms with Crippen molar-refractivity contribution >= 4 is 0 Å². The van der Waals surface area contributed by atoms with E-state index in [4.69, 9.17) is 9.47 Å². The van der Waals surface area contributed by atoms with Crippen molar-refractivity contribution in [2.24, 2.45) is 0 Å². The Morgan fingerprint density at radius 3 is 2.40 bits per heavy atom. The third kappa shape index (κ3) is 6.59. The number of nitrogens with one attached hydrogen (secondary N) is 1. The first-order chi connectivity index (χ1) is 9.42. The monoisotopic (exact) mass is 279 g/mol. The van der Waals surface area contributed by atoms with E-state index in [9.17, 15) is 5.11 Å². The van der Waals surface area contributed by atoms with E-state index in [1.165, 1.54) is 0 Å². The molecule has 1 aromatic rings. The summed E-state index contributed by atoms with van der Waals surface area (Å²) in [5.41, 5.74) is -0.0219. The van der Waals surface area contributed by atoms with Gasteiger partial charge in [-0.3, -0.25) is 0 Å². The number of hydrogen-bond acceptors (Lipinski definition) is 4. The van der Waals surface area contributed by atoms with Gasteiger partial charge in [-0.2, -0.15) is 0 Å². The van der Waals surface area contributed by atoms with Crippen LogP contribution in [-0.4, -0.2) is 36.5 Å². The van der Waals surface area contributed by atoms with Crippen LogP contribution >= 0.6 is 0 Å². The summed E-state index contributed by atoms with van der Waals surface area (Å²) in [6, 6.07) is 7.40. The van der Waals surface area contributed by atoms with Crippen molar-refractivity contribution in [1.29, 1.82) is 0 Å². The zero-order chi connectivity index (χ0) is 15.0. The summed E-state index contributed by atoms with van der Waals surface area (Å²) in [5.74, 6) is 1.28. The maximum atomic E-state index is 9.90. The average molecular weight is 279 g/mol. The van der Waals surface area contributed by atoms with Gasteiger partial charge in [0.2, 0.25) is 0 Å². The molecule has 0 bridgehead atoms. The van der Waals surface area contributed by atoms with Gasteiger partial charge in [0.05, 0.1) is 0 Å². The Kier molecular flexibility index (Phi) is 6.55. The van der Waals surface area contributed by atoms with Crippen molar-refractivity contribution in [2.75, 3.05) is 19.8 Å². The highest BCUT2D eigenvalue weighted by Gasteiger charge is 2.13. The third-order valence-electron chi connectivity index (χ3n) is 2.51. The third-order valence-corrected chi connectivity index (χ3v) is 2.51. The summed E-state index contributed by atoms with van der Waals surface area (Å²) in [7, 11) is 0. The molecule has 0 radical (unpaired) electrons. The van der Waals surface area contributed by atoms with Crippen LogP contribution in [0.2, 0.25) is 0 Å². The smallest absolute Gasteiger partial charge is 0.161 e. The van der Waals surface area contributed by atoms with Crippen molar-refractivity contribution in [1.82, 2.24) is 5.32 Å². The van der Waals surface area contributed by atoms with Crippen LogP contribution in [-0.2, 0) is 0 Å². The van der Waals surface area contributed by atoms with Gasteiger partial charge in [0, 0.05) is 12.1 Å². The van der Waals surface area contributed by atoms with Gasteiger partial charge in [-0.25, -0.2) is 0 Å². The van der Waals surface area contributed by atoms with Gasteiger partial charge in [0.1, 0.15) is 19.3 Å². The highest BCUT2D eigenvalue weighted by Crippen LogP contribution is 2.26. The lowest BCUT2D eigenvalue weighted by Gasteiger charge is -2.23. The maximum Gasteiger partial charge on any atom is 0.161 e. The SMILES string of the molecule is C=CCOc1ccccc1OC[C@@H](O)CNC(C)(C)C. The standard InChI is InChI=1S/C16H25NO3/c1-5-10-19-14-8-6-7-9-15(14)20-12-13(18)11-17-16(2,3)4/h5-9,13,17-18H,1,10-12H2,2-4H3/t13-/m0/s1. The number of aliphatic hydroxyl groups excluding tert-OH is 1. The van der Waals surface area contributed by atoms with Crippen LogP contribution < -0.4 is 14.8 Å². The zero-order valence-electron chi connectivity index (χ0n) is 12.6. The summed E-state index contributed by atoms with van der Waals surface area (Å²) in [6.07, 6.45) is 1.11. The van der Waals surface area contributed by atoms with Crippen molar-refractivity contribution in [2.45, 2.75) is 32.4 Å². The predicted molar refractivity (Wildman–Crippen MR) is 81.4 cm³/mol. The van der Waals surface area contributed by atoms with Gasteiger partial charge in [-0.15, -0.1) is 0 Å². The molecule has 1 atom stereocenters. The fourth-order valence-electron chi connectivity index (χ4n) is 1.51. The first-order valence-electron chi connectivity index (χ1n) is 6.81. The van der Waals surface area contributed by atoms with E-state index in [0.717, 1.165) is 0 Å². The molecule has 0 spiro atoms. The van der Waals surface area contributed by atoms with Crippen LogP contribution in [0, 0.1) is 0 Å². The van der Waals surface area contributed by atoms with Crippen molar-refractivity contribution in [3.8, 4) is 11.5 Å². The lowest BCUT2D eigenvalue weighted by Crippen LogP contribution is -2.42. The second kappa shape index (κ2) is 7.92. The van der Waals surface area contributed by atoms with E-state index < -0.39 is 6.10 Å². The fraction of sp³-hybridized carbons (Fsp3) is 0.500. The molecule has 0 amide bonds. The quantitative estimate of drug-likeness (QED) is 0.717. The molecule has 0 saturated heterocycles. The van der Waals surface area contributed by atoms with Gasteiger partial charge in [-0.1, -0.05) is 24.8 Å². The van der Waals surface area contributed by atoms with Crippen LogP contribution in [0.5, 0.6) is 11.5 Å². The minimum atomic E-state index is -0.568. The predicted octanol–water partition coefficient (Wildman–Crippen LogP) is 2.38. The largest absolute Gasteiger partial charge is 0.487 e. The molecule has 0 aliphatic heterocycles. The van der Waals surface area contributed by atoms with Gasteiger partial charge in [0.25, 0.3) is 0 Å². The zero-order valence-corrected chi connectivity index (χ0v) is 12.6. The molecule has 20 heavy (non-hydrogen) atoms. The van der Waals surface area contributed by atoms with E-state index in [1.54, 1.807) is 6.08 Å². The molecule has 0 aliphatic rings. The first-order valence-corrected chi connectivity index (χ1v) is 6.81. The van der Waals surface area contributed by atoms with Gasteiger partial charge >= 0.3 is 0 Å². The number of ether oxygens (including phenoxy) is 2. The normalized spacial score (nSPS) is 12.8. The molecule has 2 N–H and O–H groups in total. The highest BCUT2D eigenvalue weighted by atomic mass is 16.5. The Morgan fingerprint density at radius 1 is 1.25 bits per heavy atom. The minimum absolute atomic E-state index is 0.0219. The molecule has 1 aromatic carbocycles. The van der Waals surface area contributed by atoms with Crippen molar-refractivity contribution in [3.63, 3.8) is 0 Å². The lowest BCUT2D eigenvalue weighted by atomic mass is 10.1. The number of hydrogen-bond donors (Lipinski definition) is 2. The molecule has 0 heterocycles. The molecule has 0 fully saturated rings. The summed E-state index contributed by atoms with van der Waals surface area (Å²) in [6.45, 7) is 10.9. The molecule has 1 rings (SSSR count). The molecule has 112 valence electrons. The number of β-amino-alcohol motifs (C(OH)–C–C–N with tert-alkyl or cyclic N) is 1. The topological polar surface area (TPSA) is 50.7 Å². The fourth-order valence-corrected chi connectivity index (χ4v) is 1.51. The maximum absolute atomic E-state index is 9.90. The summed E-state index contributed by atoms with van der Waals surface area (Å²) in [4.78, 5) is 0. The molecule has 4 nitrogen and oxygen atoms in total. The van der Waals surface area contributed by atoms with E-state index in [0.29, 0.717) is 24.7 Å². The molecule has 0 unspecified atom stereocenters. The molecular weight excluding hydrogens is 254 g/mol. The lowest BCUT2D eigenvalue weighted by molar-refractivity contribution is 0.0982. The van der Waals surface area contributed by atoms with Crippen LogP contribution in [0.15, 0.2) is 36.9 Å². The van der Waals surface area contributed by atoms with Gasteiger partial charge < -0.3 is 19.9 Å². The van der Waals surface area contributed by atoms with Crippen LogP contribution in [0.1, 0.15) is 20.8 Å². The van der Waals surface area contributed by atoms with Crippen molar-refractivity contribution in [3.05, 3.63) is 36.9 Å². The van der Waals surface area contributed by atoms with Gasteiger partial charge in [-0.05, 0) is 32.9 Å². The second-order valence-corrected chi connectivity index (χ2v) is 5.64. The summed E-state index contributed by atoms with van der Waals surface area (Å²) >= 11 is 0. The summed E-state index contributed by atoms with van der Waals surface area (Å²) < 4.78 is 11.1. The first kappa shape index (κ1) is 16.5. The average Bonchev–Trinajstić information content (AvgIpc) is 2.40. The van der Waals surface area contributed by atoms with Crippen LogP contribution in [0.4, 0.5) is 0 Å². The Balaban J connectivity index is 2.46. The van der Waals surface area contributed by atoms with Crippen LogP contribution in [0.25, 0.3) is 0 Å². The highest BCUT2D eigenvalue weighted by molar-refractivity contribution is 5.39. The van der Waals surface area contributed by atoms with E-state index in [-0.39, 0.29) is 12.1 Å². The Hall–Kier alpha value is -1.52. The Labute approximate surface area is 121 Å². The van der Waals surface area contributed by atoms with Gasteiger partial charge in [0.15, 0.2) is 11.5 Å².